The predicted octanol–water partition coefficient (Wildman–Crippen LogP) is 5.25. The number of nitriles is 1. The molecule has 2 heteroatoms. The van der Waals surface area contributed by atoms with Crippen molar-refractivity contribution in [2.75, 3.05) is 0 Å². The number of hydrogen-bond donors (Lipinski definition) is 0. The second-order valence-corrected chi connectivity index (χ2v) is 10.6. The fraction of sp³-hybridized carbons (Fsp3) is 0.0741. The SMILES string of the molecule is N#CCc1ccc(C[P+](c2ccccc2)(c2ccccc2)c2ccccc2)cc1. The molecule has 0 N–H and O–H groups in total. The Morgan fingerprint density at radius 3 is 1.28 bits per heavy atom. The molecule has 0 spiro atoms. The molecule has 4 aromatic carbocycles. The lowest BCUT2D eigenvalue weighted by molar-refractivity contribution is 1.24. The Morgan fingerprint density at radius 2 is 0.897 bits per heavy atom. The minimum Gasteiger partial charge on any atom is -0.198 e. The third-order valence-corrected chi connectivity index (χ3v) is 9.70. The van der Waals surface area contributed by atoms with E-state index in [1.807, 2.05) is 0 Å². The molecule has 0 heterocycles. The van der Waals surface area contributed by atoms with E-state index >= 15 is 0 Å². The molecule has 29 heavy (non-hydrogen) atoms. The van der Waals surface area contributed by atoms with Gasteiger partial charge in [-0.3, -0.25) is 0 Å². The van der Waals surface area contributed by atoms with Gasteiger partial charge in [-0.05, 0) is 47.5 Å². The van der Waals surface area contributed by atoms with E-state index < -0.39 is 7.26 Å². The first-order valence-electron chi connectivity index (χ1n) is 9.82. The van der Waals surface area contributed by atoms with Crippen LogP contribution in [0.4, 0.5) is 0 Å². The Bertz CT molecular complexity index is 985. The zero-order valence-electron chi connectivity index (χ0n) is 16.3. The van der Waals surface area contributed by atoms with Crippen LogP contribution in [-0.2, 0) is 12.6 Å². The number of nitrogens with zero attached hydrogens (tertiary/aromatic N) is 1. The van der Waals surface area contributed by atoms with Crippen LogP contribution in [0.2, 0.25) is 0 Å². The Kier molecular flexibility index (Phi) is 5.85. The molecule has 0 saturated carbocycles. The van der Waals surface area contributed by atoms with E-state index in [2.05, 4.69) is 121 Å². The van der Waals surface area contributed by atoms with Gasteiger partial charge in [0.1, 0.15) is 23.2 Å². The zero-order chi connectivity index (χ0) is 19.9. The molecule has 0 unspecified atom stereocenters. The smallest absolute Gasteiger partial charge is 0.116 e. The van der Waals surface area contributed by atoms with E-state index in [0.717, 1.165) is 11.7 Å². The highest BCUT2D eigenvalue weighted by Gasteiger charge is 2.45. The van der Waals surface area contributed by atoms with Crippen molar-refractivity contribution in [3.05, 3.63) is 126 Å². The van der Waals surface area contributed by atoms with Crippen LogP contribution < -0.4 is 15.9 Å². The van der Waals surface area contributed by atoms with Crippen LogP contribution in [0.1, 0.15) is 11.1 Å². The molecule has 0 saturated heterocycles. The van der Waals surface area contributed by atoms with Crippen LogP contribution in [0, 0.1) is 11.3 Å². The van der Waals surface area contributed by atoms with Crippen LogP contribution in [-0.4, -0.2) is 0 Å². The highest BCUT2D eigenvalue weighted by Crippen LogP contribution is 2.58. The third kappa shape index (κ3) is 4.00. The summed E-state index contributed by atoms with van der Waals surface area (Å²) in [7, 11) is -1.87. The average Bonchev–Trinajstić information content (AvgIpc) is 2.80. The van der Waals surface area contributed by atoms with Gasteiger partial charge in [-0.15, -0.1) is 0 Å². The second-order valence-electron chi connectivity index (χ2n) is 7.13. The van der Waals surface area contributed by atoms with Crippen molar-refractivity contribution in [3.63, 3.8) is 0 Å². The molecule has 0 amide bonds. The predicted molar refractivity (Wildman–Crippen MR) is 125 cm³/mol. The Labute approximate surface area is 173 Å². The van der Waals surface area contributed by atoms with Crippen molar-refractivity contribution in [2.45, 2.75) is 12.6 Å². The van der Waals surface area contributed by atoms with Gasteiger partial charge in [-0.25, -0.2) is 0 Å². The largest absolute Gasteiger partial charge is 0.198 e. The first-order chi connectivity index (χ1) is 14.3. The van der Waals surface area contributed by atoms with Gasteiger partial charge < -0.3 is 0 Å². The quantitative estimate of drug-likeness (QED) is 0.411. The molecule has 0 aliphatic carbocycles. The molecule has 4 rings (SSSR count). The first kappa shape index (κ1) is 19.1. The highest BCUT2D eigenvalue weighted by molar-refractivity contribution is 7.95. The molecular formula is C27H23NP+. The summed E-state index contributed by atoms with van der Waals surface area (Å²) in [5.41, 5.74) is 2.37. The minimum atomic E-state index is -1.87. The average molecular weight is 392 g/mol. The Morgan fingerprint density at radius 1 is 0.517 bits per heavy atom. The number of benzene rings is 4. The summed E-state index contributed by atoms with van der Waals surface area (Å²) < 4.78 is 0. The van der Waals surface area contributed by atoms with Crippen LogP contribution >= 0.6 is 7.26 Å². The van der Waals surface area contributed by atoms with Crippen molar-refractivity contribution in [1.82, 2.24) is 0 Å². The standard InChI is InChI=1S/C27H23NP/c28-21-20-23-16-18-24(19-17-23)22-29(25-10-4-1-5-11-25,26-12-6-2-7-13-26)27-14-8-3-9-15-27/h1-19H,20,22H2/q+1. The van der Waals surface area contributed by atoms with E-state index in [9.17, 15) is 0 Å². The summed E-state index contributed by atoms with van der Waals surface area (Å²) in [6.45, 7) is 0. The minimum absolute atomic E-state index is 0.455. The number of rotatable bonds is 6. The normalized spacial score (nSPS) is 11.0. The van der Waals surface area contributed by atoms with Crippen LogP contribution in [0.3, 0.4) is 0 Å². The monoisotopic (exact) mass is 392 g/mol. The highest BCUT2D eigenvalue weighted by atomic mass is 31.2. The summed E-state index contributed by atoms with van der Waals surface area (Å²) in [5, 5.41) is 13.1. The summed E-state index contributed by atoms with van der Waals surface area (Å²) in [6.07, 6.45) is 1.41. The molecule has 140 valence electrons. The van der Waals surface area contributed by atoms with Crippen molar-refractivity contribution < 1.29 is 0 Å². The lowest BCUT2D eigenvalue weighted by atomic mass is 10.1. The van der Waals surface area contributed by atoms with Crippen molar-refractivity contribution >= 4 is 23.2 Å². The third-order valence-electron chi connectivity index (χ3n) is 5.32. The van der Waals surface area contributed by atoms with Crippen LogP contribution in [0.5, 0.6) is 0 Å². The Balaban J connectivity index is 1.91. The van der Waals surface area contributed by atoms with Gasteiger partial charge in [0.25, 0.3) is 0 Å². The maximum Gasteiger partial charge on any atom is 0.116 e. The molecule has 0 bridgehead atoms. The van der Waals surface area contributed by atoms with E-state index in [-0.39, 0.29) is 0 Å². The second kappa shape index (κ2) is 8.87. The Hall–Kier alpha value is -3.20. The van der Waals surface area contributed by atoms with Gasteiger partial charge in [0.05, 0.1) is 18.7 Å². The van der Waals surface area contributed by atoms with E-state index in [4.69, 9.17) is 5.26 Å². The lowest BCUT2D eigenvalue weighted by Gasteiger charge is -2.28. The molecule has 0 aliphatic heterocycles. The number of hydrogen-bond acceptors (Lipinski definition) is 1. The van der Waals surface area contributed by atoms with Crippen molar-refractivity contribution in [3.8, 4) is 6.07 Å². The topological polar surface area (TPSA) is 23.8 Å². The van der Waals surface area contributed by atoms with Gasteiger partial charge in [-0.2, -0.15) is 5.26 Å². The summed E-state index contributed by atoms with van der Waals surface area (Å²) in [6, 6.07) is 43.6. The van der Waals surface area contributed by atoms with E-state index in [0.29, 0.717) is 6.42 Å². The van der Waals surface area contributed by atoms with Gasteiger partial charge in [-0.1, -0.05) is 78.9 Å². The molecule has 0 atom stereocenters. The summed E-state index contributed by atoms with van der Waals surface area (Å²) in [5.74, 6) is 0. The lowest BCUT2D eigenvalue weighted by Crippen LogP contribution is -2.32. The van der Waals surface area contributed by atoms with Crippen LogP contribution in [0.25, 0.3) is 0 Å². The van der Waals surface area contributed by atoms with Crippen LogP contribution in [0.15, 0.2) is 115 Å². The molecule has 1 nitrogen and oxygen atoms in total. The van der Waals surface area contributed by atoms with Crippen molar-refractivity contribution in [2.24, 2.45) is 0 Å². The van der Waals surface area contributed by atoms with Gasteiger partial charge >= 0.3 is 0 Å². The fourth-order valence-electron chi connectivity index (χ4n) is 3.90. The maximum atomic E-state index is 8.98. The van der Waals surface area contributed by atoms with Gasteiger partial charge in [0.15, 0.2) is 0 Å². The van der Waals surface area contributed by atoms with E-state index in [1.54, 1.807) is 0 Å². The zero-order valence-corrected chi connectivity index (χ0v) is 17.2. The van der Waals surface area contributed by atoms with Gasteiger partial charge in [0.2, 0.25) is 0 Å². The maximum absolute atomic E-state index is 8.98. The summed E-state index contributed by atoms with van der Waals surface area (Å²) >= 11 is 0. The van der Waals surface area contributed by atoms with Gasteiger partial charge in [0, 0.05) is 0 Å². The molecule has 4 aromatic rings. The molecule has 0 fully saturated rings. The molecule has 0 radical (unpaired) electrons. The molecular weight excluding hydrogens is 369 g/mol. The summed E-state index contributed by atoms with van der Waals surface area (Å²) in [4.78, 5) is 0. The fourth-order valence-corrected chi connectivity index (χ4v) is 8.14. The molecule has 0 aromatic heterocycles. The van der Waals surface area contributed by atoms with Crippen molar-refractivity contribution in [1.29, 1.82) is 5.26 Å². The van der Waals surface area contributed by atoms with E-state index in [1.165, 1.54) is 21.5 Å². The molecule has 0 aliphatic rings. The first-order valence-corrected chi connectivity index (χ1v) is 11.8.